The number of halogens is 3. The highest BCUT2D eigenvalue weighted by molar-refractivity contribution is 7.99. The number of H-pyrrole nitrogens is 1. The van der Waals surface area contributed by atoms with Crippen molar-refractivity contribution in [2.75, 3.05) is 11.1 Å². The van der Waals surface area contributed by atoms with Gasteiger partial charge in [-0.05, 0) is 36.2 Å². The summed E-state index contributed by atoms with van der Waals surface area (Å²) < 4.78 is 5.68. The number of carbonyl (C=O) groups excluding carboxylic acids is 1. The number of hydrogen-bond donors (Lipinski definition) is 2. The second-order valence-electron chi connectivity index (χ2n) is 5.93. The van der Waals surface area contributed by atoms with E-state index in [4.69, 9.17) is 39.5 Å². The van der Waals surface area contributed by atoms with Crippen LogP contribution < -0.4 is 10.1 Å². The molecule has 2 N–H and O–H groups in total. The van der Waals surface area contributed by atoms with Crippen LogP contribution in [0.5, 0.6) is 5.75 Å². The number of anilines is 1. The van der Waals surface area contributed by atoms with Crippen molar-refractivity contribution in [1.29, 1.82) is 0 Å². The fourth-order valence-corrected chi connectivity index (χ4v) is 3.88. The number of amides is 1. The molecule has 3 aromatic rings. The zero-order chi connectivity index (χ0) is 20.8. The molecule has 0 saturated carbocycles. The molecule has 1 aromatic heterocycles. The minimum atomic E-state index is -0.292. The Balaban J connectivity index is 1.49. The van der Waals surface area contributed by atoms with Crippen LogP contribution in [0.4, 0.5) is 5.69 Å². The van der Waals surface area contributed by atoms with Crippen LogP contribution in [0.3, 0.4) is 0 Å². The van der Waals surface area contributed by atoms with E-state index < -0.39 is 0 Å². The van der Waals surface area contributed by atoms with Crippen molar-refractivity contribution in [2.45, 2.75) is 25.1 Å². The van der Waals surface area contributed by atoms with Crippen LogP contribution in [0, 0.1) is 0 Å². The Labute approximate surface area is 187 Å². The molecule has 10 heteroatoms. The highest BCUT2D eigenvalue weighted by Crippen LogP contribution is 2.33. The lowest BCUT2D eigenvalue weighted by atomic mass is 10.2. The van der Waals surface area contributed by atoms with Gasteiger partial charge in [0, 0.05) is 5.02 Å². The molecule has 6 nitrogen and oxygen atoms in total. The maximum atomic E-state index is 12.2. The molecular formula is C19H17Cl3N4O2S. The molecule has 2 aromatic carbocycles. The number of rotatable bonds is 8. The van der Waals surface area contributed by atoms with Gasteiger partial charge in [0.05, 0.1) is 21.5 Å². The zero-order valence-corrected chi connectivity index (χ0v) is 18.4. The predicted octanol–water partition coefficient (Wildman–Crippen LogP) is 5.64. The zero-order valence-electron chi connectivity index (χ0n) is 15.3. The fourth-order valence-electron chi connectivity index (χ4n) is 2.35. The number of thioether (sulfide) groups is 1. The molecule has 0 radical (unpaired) electrons. The van der Waals surface area contributed by atoms with Gasteiger partial charge >= 0.3 is 0 Å². The number of aromatic amines is 1. The number of aromatic nitrogens is 3. The van der Waals surface area contributed by atoms with E-state index in [1.54, 1.807) is 0 Å². The van der Waals surface area contributed by atoms with E-state index in [0.29, 0.717) is 21.7 Å². The standard InChI is InChI=1S/C19H17Cl3N4O2S/c1-2-11-3-5-13(6-4-11)28-9-16-23-19(26-25-16)29-10-17(27)24-18-14(21)7-12(20)8-15(18)22/h3-8H,2,9-10H2,1H3,(H,24,27)(H,23,25,26). The van der Waals surface area contributed by atoms with E-state index in [1.807, 2.05) is 24.3 Å². The first-order valence-corrected chi connectivity index (χ1v) is 10.8. The van der Waals surface area contributed by atoms with Gasteiger partial charge in [-0.25, -0.2) is 4.98 Å². The number of benzene rings is 2. The maximum absolute atomic E-state index is 12.2. The lowest BCUT2D eigenvalue weighted by molar-refractivity contribution is -0.113. The molecule has 0 aliphatic heterocycles. The van der Waals surface area contributed by atoms with Crippen LogP contribution in [0.25, 0.3) is 0 Å². The average molecular weight is 472 g/mol. The van der Waals surface area contributed by atoms with Gasteiger partial charge in [-0.2, -0.15) is 0 Å². The first-order valence-electron chi connectivity index (χ1n) is 8.64. The molecule has 0 spiro atoms. The van der Waals surface area contributed by atoms with Crippen LogP contribution in [0.15, 0.2) is 41.6 Å². The van der Waals surface area contributed by atoms with E-state index >= 15 is 0 Å². The summed E-state index contributed by atoms with van der Waals surface area (Å²) in [5.74, 6) is 1.12. The molecule has 1 amide bonds. The first-order chi connectivity index (χ1) is 13.9. The van der Waals surface area contributed by atoms with Gasteiger partial charge in [0.15, 0.2) is 5.82 Å². The molecule has 1 heterocycles. The molecule has 0 aliphatic carbocycles. The third kappa shape index (κ3) is 6.27. The summed E-state index contributed by atoms with van der Waals surface area (Å²) in [5, 5.41) is 10.9. The Morgan fingerprint density at radius 1 is 1.17 bits per heavy atom. The second-order valence-corrected chi connectivity index (χ2v) is 8.13. The minimum Gasteiger partial charge on any atom is -0.486 e. The van der Waals surface area contributed by atoms with Crippen molar-refractivity contribution in [3.05, 3.63) is 62.9 Å². The van der Waals surface area contributed by atoms with Crippen LogP contribution >= 0.6 is 46.6 Å². The van der Waals surface area contributed by atoms with Crippen LogP contribution in [0.1, 0.15) is 18.3 Å². The highest BCUT2D eigenvalue weighted by Gasteiger charge is 2.13. The predicted molar refractivity (Wildman–Crippen MR) is 117 cm³/mol. The number of ether oxygens (including phenoxy) is 1. The number of nitrogens with zero attached hydrogens (tertiary/aromatic N) is 2. The van der Waals surface area contributed by atoms with Gasteiger partial charge in [-0.1, -0.05) is 65.6 Å². The second kappa shape index (κ2) is 10.2. The number of hydrogen-bond acceptors (Lipinski definition) is 5. The summed E-state index contributed by atoms with van der Waals surface area (Å²) in [6.45, 7) is 2.35. The normalized spacial score (nSPS) is 10.8. The Hall–Kier alpha value is -1.93. The van der Waals surface area contributed by atoms with Gasteiger partial charge in [0.25, 0.3) is 0 Å². The summed E-state index contributed by atoms with van der Waals surface area (Å²) in [6, 6.07) is 10.9. The molecule has 0 bridgehead atoms. The van der Waals surface area contributed by atoms with Gasteiger partial charge in [0.2, 0.25) is 11.1 Å². The van der Waals surface area contributed by atoms with Crippen molar-refractivity contribution >= 4 is 58.2 Å². The van der Waals surface area contributed by atoms with E-state index in [-0.39, 0.29) is 28.3 Å². The van der Waals surface area contributed by atoms with Crippen LogP contribution in [-0.4, -0.2) is 26.8 Å². The van der Waals surface area contributed by atoms with Crippen molar-refractivity contribution in [1.82, 2.24) is 15.2 Å². The Kier molecular flexibility index (Phi) is 7.66. The molecule has 0 unspecified atom stereocenters. The SMILES string of the molecule is CCc1ccc(OCc2nc(SCC(=O)Nc3c(Cl)cc(Cl)cc3Cl)n[nH]2)cc1. The molecule has 29 heavy (non-hydrogen) atoms. The van der Waals surface area contributed by atoms with Gasteiger partial charge in [-0.15, -0.1) is 5.10 Å². The number of aryl methyl sites for hydroxylation is 1. The summed E-state index contributed by atoms with van der Waals surface area (Å²) in [7, 11) is 0. The van der Waals surface area contributed by atoms with Gasteiger partial charge in [-0.3, -0.25) is 9.89 Å². The monoisotopic (exact) mass is 470 g/mol. The largest absolute Gasteiger partial charge is 0.486 e. The Morgan fingerprint density at radius 3 is 2.52 bits per heavy atom. The lowest BCUT2D eigenvalue weighted by Gasteiger charge is -2.09. The first kappa shape index (κ1) is 21.8. The van der Waals surface area contributed by atoms with Crippen LogP contribution in [-0.2, 0) is 17.8 Å². The Bertz CT molecular complexity index is 972. The van der Waals surface area contributed by atoms with Crippen molar-refractivity contribution < 1.29 is 9.53 Å². The summed E-state index contributed by atoms with van der Waals surface area (Å²) >= 11 is 19.2. The van der Waals surface area contributed by atoms with Crippen LogP contribution in [0.2, 0.25) is 15.1 Å². The van der Waals surface area contributed by atoms with Gasteiger partial charge in [0.1, 0.15) is 12.4 Å². The average Bonchev–Trinajstić information content (AvgIpc) is 3.16. The van der Waals surface area contributed by atoms with E-state index in [0.717, 1.165) is 12.2 Å². The smallest absolute Gasteiger partial charge is 0.234 e. The van der Waals surface area contributed by atoms with Crippen molar-refractivity contribution in [3.63, 3.8) is 0 Å². The van der Waals surface area contributed by atoms with E-state index in [2.05, 4.69) is 27.4 Å². The fraction of sp³-hybridized carbons (Fsp3) is 0.211. The Morgan fingerprint density at radius 2 is 1.86 bits per heavy atom. The number of nitrogens with one attached hydrogen (secondary N) is 2. The molecule has 0 saturated heterocycles. The van der Waals surface area contributed by atoms with Crippen molar-refractivity contribution in [2.24, 2.45) is 0 Å². The maximum Gasteiger partial charge on any atom is 0.234 e. The van der Waals surface area contributed by atoms with Crippen molar-refractivity contribution in [3.8, 4) is 5.75 Å². The van der Waals surface area contributed by atoms with Gasteiger partial charge < -0.3 is 10.1 Å². The lowest BCUT2D eigenvalue weighted by Crippen LogP contribution is -2.14. The molecular weight excluding hydrogens is 455 g/mol. The molecule has 0 atom stereocenters. The quantitative estimate of drug-likeness (QED) is 0.416. The van der Waals surface area contributed by atoms with E-state index in [1.165, 1.54) is 29.5 Å². The topological polar surface area (TPSA) is 79.9 Å². The molecule has 0 aliphatic rings. The molecule has 0 fully saturated rings. The molecule has 3 rings (SSSR count). The third-order valence-electron chi connectivity index (χ3n) is 3.82. The molecule has 152 valence electrons. The summed E-state index contributed by atoms with van der Waals surface area (Å²) in [5.41, 5.74) is 1.57. The summed E-state index contributed by atoms with van der Waals surface area (Å²) in [4.78, 5) is 16.5. The highest BCUT2D eigenvalue weighted by atomic mass is 35.5. The minimum absolute atomic E-state index is 0.0892. The number of carbonyl (C=O) groups is 1. The third-order valence-corrected chi connectivity index (χ3v) is 5.48. The summed E-state index contributed by atoms with van der Waals surface area (Å²) in [6.07, 6.45) is 0.979. The van der Waals surface area contributed by atoms with E-state index in [9.17, 15) is 4.79 Å².